The Hall–Kier alpha value is -0.120. The number of ether oxygens (including phenoxy) is 1. The SMILES string of the molecule is CCC(COC)N(C)CN. The molecule has 0 bridgehead atoms. The van der Waals surface area contributed by atoms with Crippen molar-refractivity contribution in [1.29, 1.82) is 0 Å². The highest BCUT2D eigenvalue weighted by Gasteiger charge is 2.09. The highest BCUT2D eigenvalue weighted by atomic mass is 16.5. The fourth-order valence-corrected chi connectivity index (χ4v) is 0.898. The molecule has 0 aliphatic carbocycles. The average Bonchev–Trinajstić information content (AvgIpc) is 1.99. The summed E-state index contributed by atoms with van der Waals surface area (Å²) in [7, 11) is 3.72. The molecule has 0 heterocycles. The molecule has 10 heavy (non-hydrogen) atoms. The molecule has 1 atom stereocenters. The van der Waals surface area contributed by atoms with E-state index in [1.807, 2.05) is 7.05 Å². The highest BCUT2D eigenvalue weighted by Crippen LogP contribution is 1.99. The molecule has 0 saturated carbocycles. The van der Waals surface area contributed by atoms with E-state index in [0.29, 0.717) is 12.7 Å². The minimum Gasteiger partial charge on any atom is -0.383 e. The summed E-state index contributed by atoms with van der Waals surface area (Å²) < 4.78 is 5.02. The number of nitrogens with zero attached hydrogens (tertiary/aromatic N) is 1. The maximum atomic E-state index is 5.45. The Morgan fingerprint density at radius 1 is 1.60 bits per heavy atom. The van der Waals surface area contributed by atoms with Crippen molar-refractivity contribution in [2.24, 2.45) is 5.73 Å². The molecule has 0 aromatic carbocycles. The molecule has 0 aromatic rings. The van der Waals surface area contributed by atoms with Gasteiger partial charge in [0, 0.05) is 19.8 Å². The Balaban J connectivity index is 3.56. The van der Waals surface area contributed by atoms with Gasteiger partial charge in [0.05, 0.1) is 6.61 Å². The maximum absolute atomic E-state index is 5.45. The van der Waals surface area contributed by atoms with Crippen molar-refractivity contribution in [2.75, 3.05) is 27.4 Å². The lowest BCUT2D eigenvalue weighted by atomic mass is 10.2. The molecule has 3 nitrogen and oxygen atoms in total. The molecular weight excluding hydrogens is 128 g/mol. The molecule has 3 heteroatoms. The van der Waals surface area contributed by atoms with Crippen molar-refractivity contribution in [2.45, 2.75) is 19.4 Å². The van der Waals surface area contributed by atoms with E-state index in [2.05, 4.69) is 11.8 Å². The minimum absolute atomic E-state index is 0.468. The lowest BCUT2D eigenvalue weighted by Gasteiger charge is -2.24. The van der Waals surface area contributed by atoms with Crippen LogP contribution in [-0.2, 0) is 4.74 Å². The first kappa shape index (κ1) is 9.88. The van der Waals surface area contributed by atoms with E-state index in [-0.39, 0.29) is 0 Å². The molecule has 0 rings (SSSR count). The van der Waals surface area contributed by atoms with E-state index in [0.717, 1.165) is 13.0 Å². The van der Waals surface area contributed by atoms with Crippen LogP contribution in [0.2, 0.25) is 0 Å². The fraction of sp³-hybridized carbons (Fsp3) is 1.00. The molecule has 0 aromatic heterocycles. The molecule has 2 N–H and O–H groups in total. The number of methoxy groups -OCH3 is 1. The molecule has 0 fully saturated rings. The molecule has 0 aliphatic heterocycles. The van der Waals surface area contributed by atoms with Crippen LogP contribution in [0.4, 0.5) is 0 Å². The van der Waals surface area contributed by atoms with Gasteiger partial charge in [-0.05, 0) is 13.5 Å². The number of hydrogen-bond acceptors (Lipinski definition) is 3. The second-order valence-electron chi connectivity index (χ2n) is 2.46. The summed E-state index contributed by atoms with van der Waals surface area (Å²) in [6.45, 7) is 3.50. The second kappa shape index (κ2) is 5.65. The van der Waals surface area contributed by atoms with Crippen LogP contribution in [0.15, 0.2) is 0 Å². The number of likely N-dealkylation sites (N-methyl/N-ethyl adjacent to an activating group) is 1. The summed E-state index contributed by atoms with van der Waals surface area (Å²) in [4.78, 5) is 2.09. The van der Waals surface area contributed by atoms with Crippen molar-refractivity contribution in [3.05, 3.63) is 0 Å². The van der Waals surface area contributed by atoms with Crippen molar-refractivity contribution in [1.82, 2.24) is 4.90 Å². The summed E-state index contributed by atoms with van der Waals surface area (Å²) in [5, 5.41) is 0. The van der Waals surface area contributed by atoms with Gasteiger partial charge in [-0.1, -0.05) is 6.92 Å². The van der Waals surface area contributed by atoms with Crippen LogP contribution in [-0.4, -0.2) is 38.4 Å². The van der Waals surface area contributed by atoms with Crippen LogP contribution in [0.25, 0.3) is 0 Å². The van der Waals surface area contributed by atoms with Gasteiger partial charge in [0.1, 0.15) is 0 Å². The van der Waals surface area contributed by atoms with Gasteiger partial charge in [-0.25, -0.2) is 0 Å². The van der Waals surface area contributed by atoms with Crippen LogP contribution in [0.1, 0.15) is 13.3 Å². The summed E-state index contributed by atoms with van der Waals surface area (Å²) in [5.41, 5.74) is 5.45. The Morgan fingerprint density at radius 3 is 2.50 bits per heavy atom. The average molecular weight is 146 g/mol. The lowest BCUT2D eigenvalue weighted by Crippen LogP contribution is -2.38. The third-order valence-corrected chi connectivity index (χ3v) is 1.74. The highest BCUT2D eigenvalue weighted by molar-refractivity contribution is 4.63. The Labute approximate surface area is 63.1 Å². The third kappa shape index (κ3) is 3.15. The van der Waals surface area contributed by atoms with E-state index in [1.165, 1.54) is 0 Å². The van der Waals surface area contributed by atoms with Crippen molar-refractivity contribution < 1.29 is 4.74 Å². The first-order valence-electron chi connectivity index (χ1n) is 3.65. The van der Waals surface area contributed by atoms with Crippen LogP contribution in [0.5, 0.6) is 0 Å². The van der Waals surface area contributed by atoms with Crippen molar-refractivity contribution in [3.63, 3.8) is 0 Å². The summed E-state index contributed by atoms with van der Waals surface area (Å²) in [6.07, 6.45) is 1.08. The normalized spacial score (nSPS) is 14.1. The van der Waals surface area contributed by atoms with Gasteiger partial charge in [-0.15, -0.1) is 0 Å². The topological polar surface area (TPSA) is 38.5 Å². The Morgan fingerprint density at radius 2 is 2.20 bits per heavy atom. The Bertz CT molecular complexity index is 78.0. The van der Waals surface area contributed by atoms with Crippen LogP contribution >= 0.6 is 0 Å². The molecule has 62 valence electrons. The molecular formula is C7H18N2O. The van der Waals surface area contributed by atoms with Gasteiger partial charge in [0.25, 0.3) is 0 Å². The number of nitrogens with two attached hydrogens (primary N) is 1. The van der Waals surface area contributed by atoms with Crippen LogP contribution in [0, 0.1) is 0 Å². The third-order valence-electron chi connectivity index (χ3n) is 1.74. The lowest BCUT2D eigenvalue weighted by molar-refractivity contribution is 0.105. The predicted octanol–water partition coefficient (Wildman–Crippen LogP) is 0.259. The van der Waals surface area contributed by atoms with Gasteiger partial charge in [-0.2, -0.15) is 0 Å². The maximum Gasteiger partial charge on any atom is 0.0618 e. The zero-order valence-corrected chi connectivity index (χ0v) is 7.13. The van der Waals surface area contributed by atoms with Gasteiger partial charge >= 0.3 is 0 Å². The summed E-state index contributed by atoms with van der Waals surface area (Å²) in [5.74, 6) is 0. The Kier molecular flexibility index (Phi) is 5.58. The number of hydrogen-bond donors (Lipinski definition) is 1. The van der Waals surface area contributed by atoms with Crippen LogP contribution < -0.4 is 5.73 Å². The first-order valence-corrected chi connectivity index (χ1v) is 3.65. The van der Waals surface area contributed by atoms with Gasteiger partial charge < -0.3 is 10.5 Å². The second-order valence-corrected chi connectivity index (χ2v) is 2.46. The van der Waals surface area contributed by atoms with E-state index >= 15 is 0 Å². The van der Waals surface area contributed by atoms with E-state index < -0.39 is 0 Å². The van der Waals surface area contributed by atoms with Gasteiger partial charge in [-0.3, -0.25) is 4.90 Å². The quantitative estimate of drug-likeness (QED) is 0.565. The smallest absolute Gasteiger partial charge is 0.0618 e. The predicted molar refractivity (Wildman–Crippen MR) is 42.8 cm³/mol. The minimum atomic E-state index is 0.468. The molecule has 0 saturated heterocycles. The van der Waals surface area contributed by atoms with Gasteiger partial charge in [0.2, 0.25) is 0 Å². The molecule has 0 amide bonds. The zero-order valence-electron chi connectivity index (χ0n) is 7.13. The van der Waals surface area contributed by atoms with Crippen molar-refractivity contribution in [3.8, 4) is 0 Å². The standard InChI is InChI=1S/C7H18N2O/c1-4-7(5-10-3)9(2)6-8/h7H,4-6,8H2,1-3H3. The summed E-state index contributed by atoms with van der Waals surface area (Å²) in [6, 6.07) is 0.468. The van der Waals surface area contributed by atoms with Crippen LogP contribution in [0.3, 0.4) is 0 Å². The van der Waals surface area contributed by atoms with E-state index in [4.69, 9.17) is 10.5 Å². The monoisotopic (exact) mass is 146 g/mol. The largest absolute Gasteiger partial charge is 0.383 e. The molecule has 0 aliphatic rings. The zero-order chi connectivity index (χ0) is 7.98. The number of rotatable bonds is 5. The molecule has 0 spiro atoms. The van der Waals surface area contributed by atoms with E-state index in [9.17, 15) is 0 Å². The molecule has 1 unspecified atom stereocenters. The summed E-state index contributed by atoms with van der Waals surface area (Å²) >= 11 is 0. The van der Waals surface area contributed by atoms with Gasteiger partial charge in [0.15, 0.2) is 0 Å². The molecule has 0 radical (unpaired) electrons. The fourth-order valence-electron chi connectivity index (χ4n) is 0.898. The van der Waals surface area contributed by atoms with E-state index in [1.54, 1.807) is 7.11 Å². The first-order chi connectivity index (χ1) is 4.76. The van der Waals surface area contributed by atoms with Crippen molar-refractivity contribution >= 4 is 0 Å².